The first-order chi connectivity index (χ1) is 18.8. The van der Waals surface area contributed by atoms with Gasteiger partial charge in [0.05, 0.1) is 28.2 Å². The third kappa shape index (κ3) is 5.04. The summed E-state index contributed by atoms with van der Waals surface area (Å²) in [7, 11) is -2.37. The molecule has 1 N–H and O–H groups in total. The maximum atomic E-state index is 13.9. The summed E-state index contributed by atoms with van der Waals surface area (Å²) < 4.78 is 30.6. The lowest BCUT2D eigenvalue weighted by Crippen LogP contribution is -2.31. The molecule has 9 heteroatoms. The molecular formula is C30H26N4O4S. The minimum absolute atomic E-state index is 0.00258. The molecular weight excluding hydrogens is 512 g/mol. The molecule has 39 heavy (non-hydrogen) atoms. The molecule has 0 spiro atoms. The summed E-state index contributed by atoms with van der Waals surface area (Å²) in [5, 5.41) is 19.2. The SMILES string of the molecule is Cc1ccc(S(=O)(=O)N(Cc2ccccc2)c2ccccc2C(=O)N=Nc2c(O)n(C)c3ccccc23)cc1. The first-order valence-electron chi connectivity index (χ1n) is 12.2. The molecule has 1 heterocycles. The molecule has 196 valence electrons. The minimum Gasteiger partial charge on any atom is -0.493 e. The number of benzene rings is 4. The van der Waals surface area contributed by atoms with Crippen LogP contribution < -0.4 is 4.31 Å². The summed E-state index contributed by atoms with van der Waals surface area (Å²) in [4.78, 5) is 13.5. The molecule has 5 aromatic rings. The molecule has 0 atom stereocenters. The number of azo groups is 1. The normalized spacial score (nSPS) is 11.7. The van der Waals surface area contributed by atoms with E-state index in [4.69, 9.17) is 0 Å². The Hall–Kier alpha value is -4.76. The van der Waals surface area contributed by atoms with Crippen LogP contribution in [-0.2, 0) is 23.6 Å². The van der Waals surface area contributed by atoms with Gasteiger partial charge in [-0.25, -0.2) is 8.42 Å². The lowest BCUT2D eigenvalue weighted by atomic mass is 10.1. The van der Waals surface area contributed by atoms with Crippen molar-refractivity contribution in [2.24, 2.45) is 17.3 Å². The fraction of sp³-hybridized carbons (Fsp3) is 0.100. The van der Waals surface area contributed by atoms with Crippen LogP contribution >= 0.6 is 0 Å². The molecule has 0 radical (unpaired) electrons. The van der Waals surface area contributed by atoms with Crippen LogP contribution in [0.5, 0.6) is 5.88 Å². The van der Waals surface area contributed by atoms with Crippen LogP contribution in [0.15, 0.2) is 118 Å². The molecule has 0 unspecified atom stereocenters. The third-order valence-electron chi connectivity index (χ3n) is 6.47. The van der Waals surface area contributed by atoms with Crippen molar-refractivity contribution in [3.8, 4) is 5.88 Å². The monoisotopic (exact) mass is 538 g/mol. The van der Waals surface area contributed by atoms with Gasteiger partial charge in [0.25, 0.3) is 15.9 Å². The van der Waals surface area contributed by atoms with Crippen LogP contribution in [0, 0.1) is 6.92 Å². The molecule has 5 rings (SSSR count). The average Bonchev–Trinajstić information content (AvgIpc) is 3.20. The largest absolute Gasteiger partial charge is 0.493 e. The van der Waals surface area contributed by atoms with Gasteiger partial charge in [-0.2, -0.15) is 0 Å². The number of aromatic nitrogens is 1. The number of anilines is 1. The van der Waals surface area contributed by atoms with Crippen LogP contribution in [0.3, 0.4) is 0 Å². The molecule has 0 fully saturated rings. The summed E-state index contributed by atoms with van der Waals surface area (Å²) >= 11 is 0. The molecule has 0 saturated heterocycles. The van der Waals surface area contributed by atoms with Crippen molar-refractivity contribution in [3.05, 3.63) is 120 Å². The smallest absolute Gasteiger partial charge is 0.297 e. The second-order valence-corrected chi connectivity index (χ2v) is 10.9. The van der Waals surface area contributed by atoms with E-state index in [2.05, 4.69) is 10.2 Å². The fourth-order valence-electron chi connectivity index (χ4n) is 4.37. The van der Waals surface area contributed by atoms with Crippen molar-refractivity contribution in [1.29, 1.82) is 0 Å². The van der Waals surface area contributed by atoms with Gasteiger partial charge in [0.15, 0.2) is 5.69 Å². The van der Waals surface area contributed by atoms with Crippen LogP contribution in [0.4, 0.5) is 11.4 Å². The fourth-order valence-corrected chi connectivity index (χ4v) is 5.84. The zero-order valence-electron chi connectivity index (χ0n) is 21.4. The van der Waals surface area contributed by atoms with E-state index in [9.17, 15) is 18.3 Å². The van der Waals surface area contributed by atoms with Crippen molar-refractivity contribution in [1.82, 2.24) is 4.57 Å². The van der Waals surface area contributed by atoms with E-state index in [0.29, 0.717) is 5.39 Å². The zero-order chi connectivity index (χ0) is 27.6. The predicted molar refractivity (Wildman–Crippen MR) is 151 cm³/mol. The van der Waals surface area contributed by atoms with E-state index >= 15 is 0 Å². The highest BCUT2D eigenvalue weighted by Gasteiger charge is 2.29. The van der Waals surface area contributed by atoms with E-state index < -0.39 is 15.9 Å². The first-order valence-corrected chi connectivity index (χ1v) is 13.7. The maximum absolute atomic E-state index is 13.9. The predicted octanol–water partition coefficient (Wildman–Crippen LogP) is 6.51. The number of carbonyl (C=O) groups excluding carboxylic acids is 1. The highest BCUT2D eigenvalue weighted by molar-refractivity contribution is 7.92. The quantitative estimate of drug-likeness (QED) is 0.238. The van der Waals surface area contributed by atoms with Crippen molar-refractivity contribution < 1.29 is 18.3 Å². The van der Waals surface area contributed by atoms with E-state index in [1.165, 1.54) is 10.4 Å². The number of rotatable bonds is 7. The van der Waals surface area contributed by atoms with Gasteiger partial charge in [0, 0.05) is 12.4 Å². The van der Waals surface area contributed by atoms with Gasteiger partial charge in [-0.3, -0.25) is 9.10 Å². The highest BCUT2D eigenvalue weighted by atomic mass is 32.2. The molecule has 0 saturated carbocycles. The lowest BCUT2D eigenvalue weighted by Gasteiger charge is -2.26. The second-order valence-electron chi connectivity index (χ2n) is 9.08. The van der Waals surface area contributed by atoms with E-state index in [1.807, 2.05) is 49.4 Å². The molecule has 1 amide bonds. The molecule has 0 bridgehead atoms. The van der Waals surface area contributed by atoms with E-state index in [-0.39, 0.29) is 34.3 Å². The molecule has 8 nitrogen and oxygen atoms in total. The summed E-state index contributed by atoms with van der Waals surface area (Å²) in [5.74, 6) is -0.871. The Morgan fingerprint density at radius 1 is 0.872 bits per heavy atom. The summed E-state index contributed by atoms with van der Waals surface area (Å²) in [6.07, 6.45) is 0. The molecule has 4 aromatic carbocycles. The van der Waals surface area contributed by atoms with Crippen molar-refractivity contribution in [2.45, 2.75) is 18.4 Å². The zero-order valence-corrected chi connectivity index (χ0v) is 22.2. The standard InChI is InChI=1S/C30H26N4O4S/c1-21-16-18-23(19-17-21)39(37,38)34(20-22-10-4-3-5-11-22)27-15-9-7-13-25(27)29(35)32-31-28-24-12-6-8-14-26(24)33(2)30(28)36/h3-19,36H,20H2,1-2H3. The Morgan fingerprint density at radius 2 is 1.51 bits per heavy atom. The number of amides is 1. The summed E-state index contributed by atoms with van der Waals surface area (Å²) in [6, 6.07) is 29.4. The van der Waals surface area contributed by atoms with Crippen LogP contribution in [0.25, 0.3) is 10.9 Å². The second kappa shape index (κ2) is 10.5. The Morgan fingerprint density at radius 3 is 2.26 bits per heavy atom. The third-order valence-corrected chi connectivity index (χ3v) is 8.25. The maximum Gasteiger partial charge on any atom is 0.297 e. The van der Waals surface area contributed by atoms with Gasteiger partial charge < -0.3 is 9.67 Å². The lowest BCUT2D eigenvalue weighted by molar-refractivity contribution is 0.0995. The summed E-state index contributed by atoms with van der Waals surface area (Å²) in [5.41, 5.74) is 2.80. The van der Waals surface area contributed by atoms with Crippen molar-refractivity contribution >= 4 is 38.2 Å². The number of aryl methyl sites for hydroxylation is 2. The number of para-hydroxylation sites is 2. The Kier molecular flexibility index (Phi) is 7.00. The van der Waals surface area contributed by atoms with Crippen molar-refractivity contribution in [3.63, 3.8) is 0 Å². The number of carbonyl (C=O) groups is 1. The van der Waals surface area contributed by atoms with Gasteiger partial charge in [0.1, 0.15) is 0 Å². The topological polar surface area (TPSA) is 104 Å². The number of sulfonamides is 1. The van der Waals surface area contributed by atoms with Crippen molar-refractivity contribution in [2.75, 3.05) is 4.31 Å². The van der Waals surface area contributed by atoms with Gasteiger partial charge in [-0.15, -0.1) is 10.2 Å². The van der Waals surface area contributed by atoms with Gasteiger partial charge in [0.2, 0.25) is 5.88 Å². The van der Waals surface area contributed by atoms with Gasteiger partial charge in [-0.1, -0.05) is 78.4 Å². The molecule has 0 aliphatic carbocycles. The van der Waals surface area contributed by atoms with Gasteiger partial charge >= 0.3 is 0 Å². The number of aromatic hydroxyl groups is 1. The highest BCUT2D eigenvalue weighted by Crippen LogP contribution is 2.38. The van der Waals surface area contributed by atoms with Crippen LogP contribution in [0.1, 0.15) is 21.5 Å². The number of fused-ring (bicyclic) bond motifs is 1. The summed E-state index contributed by atoms with van der Waals surface area (Å²) in [6.45, 7) is 1.88. The number of hydrogen-bond donors (Lipinski definition) is 1. The Labute approximate surface area is 226 Å². The van der Waals surface area contributed by atoms with Crippen LogP contribution in [-0.4, -0.2) is 24.0 Å². The minimum atomic E-state index is -4.06. The Bertz CT molecular complexity index is 1790. The average molecular weight is 539 g/mol. The Balaban J connectivity index is 1.58. The molecule has 0 aliphatic heterocycles. The molecule has 1 aromatic heterocycles. The van der Waals surface area contributed by atoms with Gasteiger partial charge in [-0.05, 0) is 42.8 Å². The number of hydrogen-bond acceptors (Lipinski definition) is 5. The molecule has 0 aliphatic rings. The van der Waals surface area contributed by atoms with Crippen LogP contribution in [0.2, 0.25) is 0 Å². The van der Waals surface area contributed by atoms with E-state index in [0.717, 1.165) is 16.6 Å². The number of nitrogens with zero attached hydrogens (tertiary/aromatic N) is 4. The van der Waals surface area contributed by atoms with E-state index in [1.54, 1.807) is 66.2 Å². The first kappa shape index (κ1) is 25.9.